The fourth-order valence-electron chi connectivity index (χ4n) is 6.78. The van der Waals surface area contributed by atoms with E-state index in [2.05, 4.69) is 38.7 Å². The zero-order valence-electron chi connectivity index (χ0n) is 20.2. The second-order valence-corrected chi connectivity index (χ2v) is 10.8. The number of aliphatic hydroxyl groups is 3. The van der Waals surface area contributed by atoms with E-state index in [0.717, 1.165) is 23.1 Å². The van der Waals surface area contributed by atoms with Crippen LogP contribution in [-0.4, -0.2) is 27.5 Å². The van der Waals surface area contributed by atoms with Gasteiger partial charge in [-0.1, -0.05) is 80.6 Å². The molecule has 0 aromatic heterocycles. The third-order valence-electron chi connectivity index (χ3n) is 8.67. The Kier molecular flexibility index (Phi) is 7.43. The average Bonchev–Trinajstić information content (AvgIpc) is 3.16. The van der Waals surface area contributed by atoms with Crippen LogP contribution in [0.2, 0.25) is 0 Å². The third kappa shape index (κ3) is 5.11. The number of hydrogen-bond donors (Lipinski definition) is 3. The summed E-state index contributed by atoms with van der Waals surface area (Å²) in [6, 6.07) is 9.85. The molecule has 3 aliphatic carbocycles. The summed E-state index contributed by atoms with van der Waals surface area (Å²) in [5.41, 5.74) is 4.47. The molecule has 1 aromatic rings. The Hall–Kier alpha value is -1.94. The lowest BCUT2D eigenvalue weighted by Crippen LogP contribution is -2.35. The summed E-state index contributed by atoms with van der Waals surface area (Å²) in [5.74, 6) is 1.60. The van der Waals surface area contributed by atoms with Gasteiger partial charge < -0.3 is 15.3 Å². The highest BCUT2D eigenvalue weighted by molar-refractivity contribution is 5.38. The van der Waals surface area contributed by atoms with E-state index >= 15 is 0 Å². The van der Waals surface area contributed by atoms with Gasteiger partial charge in [-0.05, 0) is 78.4 Å². The Morgan fingerprint density at radius 1 is 1.09 bits per heavy atom. The first-order valence-corrected chi connectivity index (χ1v) is 12.7. The van der Waals surface area contributed by atoms with Crippen molar-refractivity contribution >= 4 is 0 Å². The third-order valence-corrected chi connectivity index (χ3v) is 8.67. The molecule has 3 saturated carbocycles. The molecule has 1 aromatic carbocycles. The second-order valence-electron chi connectivity index (χ2n) is 10.8. The van der Waals surface area contributed by atoms with Crippen LogP contribution >= 0.6 is 0 Å². The Bertz CT molecular complexity index is 927. The molecule has 3 N–H and O–H groups in total. The summed E-state index contributed by atoms with van der Waals surface area (Å²) in [6.07, 6.45) is 13.9. The fraction of sp³-hybridized carbons (Fsp3) is 0.533. The number of allylic oxidation sites excluding steroid dienone is 4. The summed E-state index contributed by atoms with van der Waals surface area (Å²) in [7, 11) is 0. The SMILES string of the molecule is C=C1/C(=C\C=C2/CCC[C@]3(C)[C@@H]([C@H](C)/C=C/C(O)c4ccccc4)CC[C@@H]23)C[C@@H](O)C[C@@H]1O. The van der Waals surface area contributed by atoms with E-state index in [1.807, 2.05) is 36.4 Å². The van der Waals surface area contributed by atoms with Crippen molar-refractivity contribution in [1.82, 2.24) is 0 Å². The van der Waals surface area contributed by atoms with E-state index < -0.39 is 18.3 Å². The van der Waals surface area contributed by atoms with Crippen LogP contribution < -0.4 is 0 Å². The Morgan fingerprint density at radius 2 is 1.85 bits per heavy atom. The zero-order valence-corrected chi connectivity index (χ0v) is 20.2. The monoisotopic (exact) mass is 448 g/mol. The molecule has 0 radical (unpaired) electrons. The van der Waals surface area contributed by atoms with Crippen molar-refractivity contribution in [2.75, 3.05) is 0 Å². The number of benzene rings is 1. The van der Waals surface area contributed by atoms with Crippen molar-refractivity contribution in [3.8, 4) is 0 Å². The first-order valence-electron chi connectivity index (χ1n) is 12.7. The highest BCUT2D eigenvalue weighted by Crippen LogP contribution is 2.59. The van der Waals surface area contributed by atoms with E-state index in [-0.39, 0.29) is 5.41 Å². The number of aliphatic hydroxyl groups excluding tert-OH is 3. The van der Waals surface area contributed by atoms with Gasteiger partial charge in [0.05, 0.1) is 18.3 Å². The topological polar surface area (TPSA) is 60.7 Å². The van der Waals surface area contributed by atoms with Crippen LogP contribution in [0.25, 0.3) is 0 Å². The zero-order chi connectivity index (χ0) is 23.6. The smallest absolute Gasteiger partial charge is 0.0971 e. The molecule has 0 spiro atoms. The Morgan fingerprint density at radius 3 is 2.61 bits per heavy atom. The maximum Gasteiger partial charge on any atom is 0.0971 e. The minimum absolute atomic E-state index is 0.270. The maximum atomic E-state index is 10.6. The quantitative estimate of drug-likeness (QED) is 0.480. The van der Waals surface area contributed by atoms with E-state index in [1.54, 1.807) is 0 Å². The van der Waals surface area contributed by atoms with Crippen LogP contribution in [0.3, 0.4) is 0 Å². The van der Waals surface area contributed by atoms with Crippen molar-refractivity contribution in [3.05, 3.63) is 83.5 Å². The lowest BCUT2D eigenvalue weighted by molar-refractivity contribution is 0.0862. The van der Waals surface area contributed by atoms with Crippen LogP contribution in [0, 0.1) is 23.2 Å². The summed E-state index contributed by atoms with van der Waals surface area (Å²) < 4.78 is 0. The van der Waals surface area contributed by atoms with E-state index in [0.29, 0.717) is 30.6 Å². The Labute approximate surface area is 199 Å². The summed E-state index contributed by atoms with van der Waals surface area (Å²) >= 11 is 0. The first-order chi connectivity index (χ1) is 15.8. The second kappa shape index (κ2) is 10.1. The molecule has 3 aliphatic rings. The van der Waals surface area contributed by atoms with Crippen molar-refractivity contribution < 1.29 is 15.3 Å². The van der Waals surface area contributed by atoms with Gasteiger partial charge in [-0.15, -0.1) is 0 Å². The van der Waals surface area contributed by atoms with Crippen LogP contribution in [0.5, 0.6) is 0 Å². The minimum Gasteiger partial charge on any atom is -0.393 e. The molecule has 0 saturated heterocycles. The van der Waals surface area contributed by atoms with Gasteiger partial charge in [0.2, 0.25) is 0 Å². The van der Waals surface area contributed by atoms with Gasteiger partial charge in [0, 0.05) is 6.42 Å². The first kappa shape index (κ1) is 24.2. The van der Waals surface area contributed by atoms with E-state index in [1.165, 1.54) is 31.3 Å². The van der Waals surface area contributed by atoms with Crippen LogP contribution in [-0.2, 0) is 0 Å². The highest BCUT2D eigenvalue weighted by atomic mass is 16.3. The molecule has 3 fully saturated rings. The molecule has 7 atom stereocenters. The summed E-state index contributed by atoms with van der Waals surface area (Å²) in [5, 5.41) is 30.8. The molecule has 4 rings (SSSR count). The lowest BCUT2D eigenvalue weighted by Gasteiger charge is -2.44. The minimum atomic E-state index is -0.634. The molecule has 3 heteroatoms. The molecule has 1 unspecified atom stereocenters. The molecule has 3 nitrogen and oxygen atoms in total. The van der Waals surface area contributed by atoms with Gasteiger partial charge in [0.1, 0.15) is 0 Å². The van der Waals surface area contributed by atoms with E-state index in [9.17, 15) is 15.3 Å². The largest absolute Gasteiger partial charge is 0.393 e. The number of rotatable bonds is 5. The van der Waals surface area contributed by atoms with Gasteiger partial charge in [-0.25, -0.2) is 0 Å². The summed E-state index contributed by atoms with van der Waals surface area (Å²) in [6.45, 7) is 8.84. The van der Waals surface area contributed by atoms with Gasteiger partial charge in [-0.2, -0.15) is 0 Å². The lowest BCUT2D eigenvalue weighted by atomic mass is 9.61. The van der Waals surface area contributed by atoms with Gasteiger partial charge in [0.25, 0.3) is 0 Å². The maximum absolute atomic E-state index is 10.6. The molecule has 33 heavy (non-hydrogen) atoms. The summed E-state index contributed by atoms with van der Waals surface area (Å²) in [4.78, 5) is 0. The molecule has 0 amide bonds. The van der Waals surface area contributed by atoms with Crippen LogP contribution in [0.15, 0.2) is 77.9 Å². The van der Waals surface area contributed by atoms with Crippen molar-refractivity contribution in [2.24, 2.45) is 23.2 Å². The van der Waals surface area contributed by atoms with Crippen molar-refractivity contribution in [3.63, 3.8) is 0 Å². The standard InChI is InChI=1S/C30H40O3/c1-20(11-16-28(32)23-8-5-4-6-9-23)26-14-15-27-22(10-7-17-30(26,27)3)12-13-24-18-25(31)19-29(33)21(24)2/h4-6,8-9,11-13,16,20,25-29,31-33H,2,7,10,14-15,17-19H2,1,3H3/b16-11+,22-12+,24-13-/t20-,25-,26-,27+,28?,29+,30-/m1/s1. The predicted molar refractivity (Wildman–Crippen MR) is 134 cm³/mol. The van der Waals surface area contributed by atoms with Gasteiger partial charge in [0.15, 0.2) is 0 Å². The van der Waals surface area contributed by atoms with Crippen molar-refractivity contribution in [2.45, 2.75) is 77.1 Å². The molecule has 178 valence electrons. The molecule has 0 bridgehead atoms. The number of fused-ring (bicyclic) bond motifs is 1. The van der Waals surface area contributed by atoms with Gasteiger partial charge in [-0.3, -0.25) is 0 Å². The van der Waals surface area contributed by atoms with E-state index in [4.69, 9.17) is 0 Å². The molecular formula is C30H40O3. The predicted octanol–water partition coefficient (Wildman–Crippen LogP) is 6.05. The van der Waals surface area contributed by atoms with Crippen LogP contribution in [0.1, 0.15) is 70.5 Å². The molecule has 0 aliphatic heterocycles. The number of hydrogen-bond acceptors (Lipinski definition) is 3. The average molecular weight is 449 g/mol. The van der Waals surface area contributed by atoms with Gasteiger partial charge >= 0.3 is 0 Å². The molecular weight excluding hydrogens is 408 g/mol. The van der Waals surface area contributed by atoms with Crippen molar-refractivity contribution in [1.29, 1.82) is 0 Å². The normalized spacial score (nSPS) is 36.9. The highest BCUT2D eigenvalue weighted by Gasteiger charge is 2.50. The van der Waals surface area contributed by atoms with Crippen LogP contribution in [0.4, 0.5) is 0 Å². The fourth-order valence-corrected chi connectivity index (χ4v) is 6.78. The molecule has 0 heterocycles. The Balaban J connectivity index is 1.48.